The van der Waals surface area contributed by atoms with Gasteiger partial charge in [0, 0.05) is 37.3 Å². The molecule has 4 rings (SSSR count). The Labute approximate surface area is 131 Å². The van der Waals surface area contributed by atoms with Crippen LogP contribution >= 0.6 is 0 Å². The zero-order valence-electron chi connectivity index (χ0n) is 13.0. The van der Waals surface area contributed by atoms with Gasteiger partial charge in [-0.1, -0.05) is 11.6 Å². The van der Waals surface area contributed by atoms with E-state index < -0.39 is 0 Å². The van der Waals surface area contributed by atoms with E-state index in [1.807, 2.05) is 6.20 Å². The molecule has 3 aliphatic rings. The second kappa shape index (κ2) is 6.28. The maximum atomic E-state index is 6.17. The molecule has 0 saturated carbocycles. The van der Waals surface area contributed by atoms with E-state index in [-0.39, 0.29) is 6.10 Å². The number of piperidine rings is 1. The highest BCUT2D eigenvalue weighted by Crippen LogP contribution is 2.24. The smallest absolute Gasteiger partial charge is 0.229 e. The van der Waals surface area contributed by atoms with Crippen molar-refractivity contribution in [2.24, 2.45) is 11.1 Å². The summed E-state index contributed by atoms with van der Waals surface area (Å²) in [6.45, 7) is 4.85. The predicted molar refractivity (Wildman–Crippen MR) is 82.6 cm³/mol. The minimum absolute atomic E-state index is 0.123. The number of hydrogen-bond acceptors (Lipinski definition) is 5. The fraction of sp³-hybridized carbons (Fsp3) is 0.750. The van der Waals surface area contributed by atoms with E-state index in [0.717, 1.165) is 31.8 Å². The number of fused-ring (bicyclic) bond motifs is 1. The van der Waals surface area contributed by atoms with Crippen LogP contribution in [-0.2, 0) is 22.5 Å². The van der Waals surface area contributed by atoms with Crippen LogP contribution in [0, 0.1) is 5.92 Å². The molecular formula is C16H24N4O2. The molecule has 120 valence electrons. The standard InChI is InChI=1S/C16H24N4O2/c1-2-7-19(8-3-1)11-15-12-21-18-16(22-15)13-5-9-20-14(10-13)4-6-17-20/h4,6,13,15H,1-3,5,7-12H2. The zero-order chi connectivity index (χ0) is 14.8. The van der Waals surface area contributed by atoms with Gasteiger partial charge in [-0.15, -0.1) is 0 Å². The third-order valence-electron chi connectivity index (χ3n) is 4.91. The van der Waals surface area contributed by atoms with E-state index in [4.69, 9.17) is 9.57 Å². The maximum absolute atomic E-state index is 6.17. The summed E-state index contributed by atoms with van der Waals surface area (Å²) in [5.74, 6) is 1.12. The molecule has 22 heavy (non-hydrogen) atoms. The largest absolute Gasteiger partial charge is 0.470 e. The average molecular weight is 304 g/mol. The molecule has 0 aliphatic carbocycles. The molecule has 2 unspecified atom stereocenters. The number of hydrogen-bond donors (Lipinski definition) is 0. The molecule has 0 spiro atoms. The Morgan fingerprint density at radius 3 is 3.00 bits per heavy atom. The zero-order valence-corrected chi connectivity index (χ0v) is 13.0. The first-order chi connectivity index (χ1) is 10.9. The summed E-state index contributed by atoms with van der Waals surface area (Å²) in [5, 5.41) is 8.53. The van der Waals surface area contributed by atoms with Crippen molar-refractivity contribution in [3.63, 3.8) is 0 Å². The minimum atomic E-state index is 0.123. The lowest BCUT2D eigenvalue weighted by Crippen LogP contribution is -2.43. The molecule has 0 bridgehead atoms. The summed E-state index contributed by atoms with van der Waals surface area (Å²) in [4.78, 5) is 7.97. The number of ether oxygens (including phenoxy) is 1. The second-order valence-corrected chi connectivity index (χ2v) is 6.56. The lowest BCUT2D eigenvalue weighted by atomic mass is 9.96. The van der Waals surface area contributed by atoms with Gasteiger partial charge in [0.1, 0.15) is 6.10 Å². The summed E-state index contributed by atoms with van der Waals surface area (Å²) in [6, 6.07) is 2.08. The first kappa shape index (κ1) is 14.1. The molecule has 6 heteroatoms. The molecule has 4 heterocycles. The number of nitrogens with zero attached hydrogens (tertiary/aromatic N) is 4. The summed E-state index contributed by atoms with van der Waals surface area (Å²) in [6.07, 6.45) is 7.93. The summed E-state index contributed by atoms with van der Waals surface area (Å²) in [7, 11) is 0. The molecule has 6 nitrogen and oxygen atoms in total. The molecule has 3 aliphatic heterocycles. The van der Waals surface area contributed by atoms with Gasteiger partial charge < -0.3 is 9.57 Å². The molecule has 1 aromatic rings. The Morgan fingerprint density at radius 1 is 1.18 bits per heavy atom. The van der Waals surface area contributed by atoms with Crippen molar-refractivity contribution >= 4 is 5.90 Å². The van der Waals surface area contributed by atoms with Gasteiger partial charge in [0.25, 0.3) is 0 Å². The third kappa shape index (κ3) is 2.97. The van der Waals surface area contributed by atoms with Crippen LogP contribution in [0.15, 0.2) is 17.4 Å². The Bertz CT molecular complexity index is 536. The van der Waals surface area contributed by atoms with Gasteiger partial charge in [-0.2, -0.15) is 5.10 Å². The molecule has 0 aromatic carbocycles. The Morgan fingerprint density at radius 2 is 2.09 bits per heavy atom. The van der Waals surface area contributed by atoms with Gasteiger partial charge >= 0.3 is 0 Å². The van der Waals surface area contributed by atoms with Crippen LogP contribution in [-0.4, -0.2) is 52.9 Å². The van der Waals surface area contributed by atoms with Crippen molar-refractivity contribution in [1.82, 2.24) is 14.7 Å². The van der Waals surface area contributed by atoms with Crippen molar-refractivity contribution in [3.05, 3.63) is 18.0 Å². The number of likely N-dealkylation sites (tertiary alicyclic amines) is 1. The van der Waals surface area contributed by atoms with E-state index in [1.165, 1.54) is 38.0 Å². The highest BCUT2D eigenvalue weighted by atomic mass is 16.7. The lowest BCUT2D eigenvalue weighted by molar-refractivity contribution is -0.0161. The van der Waals surface area contributed by atoms with Crippen LogP contribution in [0.3, 0.4) is 0 Å². The van der Waals surface area contributed by atoms with Crippen molar-refractivity contribution in [1.29, 1.82) is 0 Å². The van der Waals surface area contributed by atoms with Gasteiger partial charge in [0.15, 0.2) is 6.61 Å². The fourth-order valence-corrected chi connectivity index (χ4v) is 3.68. The predicted octanol–water partition coefficient (Wildman–Crippen LogP) is 1.66. The van der Waals surface area contributed by atoms with E-state index in [2.05, 4.69) is 25.9 Å². The first-order valence-corrected chi connectivity index (χ1v) is 8.48. The molecule has 2 atom stereocenters. The molecule has 0 amide bonds. The van der Waals surface area contributed by atoms with Gasteiger partial charge in [-0.3, -0.25) is 9.58 Å². The van der Waals surface area contributed by atoms with Gasteiger partial charge in [-0.05, 0) is 38.4 Å². The molecule has 1 saturated heterocycles. The normalized spacial score (nSPS) is 29.2. The summed E-state index contributed by atoms with van der Waals surface area (Å²) >= 11 is 0. The van der Waals surface area contributed by atoms with Crippen molar-refractivity contribution < 1.29 is 9.57 Å². The Balaban J connectivity index is 1.36. The lowest BCUT2D eigenvalue weighted by Gasteiger charge is -2.33. The topological polar surface area (TPSA) is 51.9 Å². The summed E-state index contributed by atoms with van der Waals surface area (Å²) < 4.78 is 8.25. The number of aromatic nitrogens is 2. The third-order valence-corrected chi connectivity index (χ3v) is 4.91. The van der Waals surface area contributed by atoms with Crippen LogP contribution in [0.25, 0.3) is 0 Å². The fourth-order valence-electron chi connectivity index (χ4n) is 3.68. The van der Waals surface area contributed by atoms with Crippen molar-refractivity contribution in [3.8, 4) is 0 Å². The van der Waals surface area contributed by atoms with E-state index in [1.54, 1.807) is 0 Å². The van der Waals surface area contributed by atoms with Gasteiger partial charge in [0.2, 0.25) is 5.90 Å². The van der Waals surface area contributed by atoms with E-state index >= 15 is 0 Å². The quantitative estimate of drug-likeness (QED) is 0.852. The van der Waals surface area contributed by atoms with Crippen molar-refractivity contribution in [2.75, 3.05) is 26.2 Å². The average Bonchev–Trinajstić information content (AvgIpc) is 3.04. The van der Waals surface area contributed by atoms with Crippen LogP contribution in [0.1, 0.15) is 31.4 Å². The SMILES string of the molecule is c1cc2n(n1)CCC(C1=NOCC(CN3CCCCC3)O1)C2. The monoisotopic (exact) mass is 304 g/mol. The second-order valence-electron chi connectivity index (χ2n) is 6.56. The Kier molecular flexibility index (Phi) is 4.01. The molecule has 1 aromatic heterocycles. The number of rotatable bonds is 3. The highest BCUT2D eigenvalue weighted by Gasteiger charge is 2.30. The molecular weight excluding hydrogens is 280 g/mol. The summed E-state index contributed by atoms with van der Waals surface area (Å²) in [5.41, 5.74) is 1.26. The van der Waals surface area contributed by atoms with Crippen LogP contribution in [0.2, 0.25) is 0 Å². The van der Waals surface area contributed by atoms with Crippen LogP contribution < -0.4 is 0 Å². The van der Waals surface area contributed by atoms with E-state index in [0.29, 0.717) is 12.5 Å². The van der Waals surface area contributed by atoms with Crippen molar-refractivity contribution in [2.45, 2.75) is 44.8 Å². The number of aryl methyl sites for hydroxylation is 1. The van der Waals surface area contributed by atoms with Gasteiger partial charge in [-0.25, -0.2) is 0 Å². The van der Waals surface area contributed by atoms with Crippen LogP contribution in [0.4, 0.5) is 0 Å². The molecule has 0 radical (unpaired) electrons. The van der Waals surface area contributed by atoms with Crippen LogP contribution in [0.5, 0.6) is 0 Å². The Hall–Kier alpha value is -1.56. The first-order valence-electron chi connectivity index (χ1n) is 8.48. The molecule has 1 fully saturated rings. The van der Waals surface area contributed by atoms with Gasteiger partial charge in [0.05, 0.1) is 0 Å². The molecule has 0 N–H and O–H groups in total. The maximum Gasteiger partial charge on any atom is 0.229 e. The minimum Gasteiger partial charge on any atom is -0.470 e. The number of oxime groups is 1. The highest BCUT2D eigenvalue weighted by molar-refractivity contribution is 5.79. The van der Waals surface area contributed by atoms with E-state index in [9.17, 15) is 0 Å².